The Morgan fingerprint density at radius 2 is 1.79 bits per heavy atom. The zero-order valence-corrected chi connectivity index (χ0v) is 18.7. The lowest BCUT2D eigenvalue weighted by atomic mass is 10.1. The van der Waals surface area contributed by atoms with Crippen molar-refractivity contribution in [2.75, 3.05) is 0 Å². The lowest BCUT2D eigenvalue weighted by Crippen LogP contribution is -2.27. The number of carbonyl (C=O) groups excluding carboxylic acids is 2. The zero-order valence-electron chi connectivity index (χ0n) is 17.1. The van der Waals surface area contributed by atoms with Gasteiger partial charge in [0.2, 0.25) is 0 Å². The number of hydrogen-bond acceptors (Lipinski definition) is 6. The van der Waals surface area contributed by atoms with E-state index in [0.29, 0.717) is 28.5 Å². The molecule has 1 saturated heterocycles. The summed E-state index contributed by atoms with van der Waals surface area (Å²) in [4.78, 5) is 37.2. The minimum atomic E-state index is -0.528. The molecule has 1 aliphatic heterocycles. The van der Waals surface area contributed by atoms with Crippen molar-refractivity contribution >= 4 is 46.3 Å². The molecular weight excluding hydrogens is 464 g/mol. The summed E-state index contributed by atoms with van der Waals surface area (Å²) < 4.78 is 5.82. The van der Waals surface area contributed by atoms with Gasteiger partial charge in [-0.15, -0.1) is 0 Å². The number of thioether (sulfide) groups is 1. The summed E-state index contributed by atoms with van der Waals surface area (Å²) in [5.41, 5.74) is 1.82. The van der Waals surface area contributed by atoms with Crippen LogP contribution in [0.5, 0.6) is 5.75 Å². The standard InChI is InChI=1S/C24H17ClN2O5S/c25-19-10-8-16(9-11-19)15-32-20-6-3-4-17(12-20)13-22-23(28)26(24(29)33-22)14-18-5-1-2-7-21(18)27(30)31/h1-13H,14-15H2/b22-13+. The summed E-state index contributed by atoms with van der Waals surface area (Å²) >= 11 is 6.70. The van der Waals surface area contributed by atoms with Crippen LogP contribution in [-0.2, 0) is 17.9 Å². The maximum absolute atomic E-state index is 12.8. The number of nitro benzene ring substituents is 1. The fraction of sp³-hybridized carbons (Fsp3) is 0.0833. The van der Waals surface area contributed by atoms with Crippen LogP contribution in [0.15, 0.2) is 77.7 Å². The number of para-hydroxylation sites is 1. The predicted molar refractivity (Wildman–Crippen MR) is 127 cm³/mol. The van der Waals surface area contributed by atoms with E-state index in [0.717, 1.165) is 22.2 Å². The van der Waals surface area contributed by atoms with Gasteiger partial charge in [-0.05, 0) is 53.2 Å². The van der Waals surface area contributed by atoms with Crippen molar-refractivity contribution in [1.82, 2.24) is 4.90 Å². The molecule has 0 atom stereocenters. The maximum Gasteiger partial charge on any atom is 0.293 e. The number of imide groups is 1. The molecule has 9 heteroatoms. The minimum absolute atomic E-state index is 0.133. The van der Waals surface area contributed by atoms with Crippen molar-refractivity contribution in [3.8, 4) is 5.75 Å². The summed E-state index contributed by atoms with van der Waals surface area (Å²) in [7, 11) is 0. The van der Waals surface area contributed by atoms with Crippen LogP contribution in [0.1, 0.15) is 16.7 Å². The van der Waals surface area contributed by atoms with Gasteiger partial charge in [-0.3, -0.25) is 24.6 Å². The molecule has 7 nitrogen and oxygen atoms in total. The molecule has 1 aliphatic rings. The molecule has 0 aliphatic carbocycles. The zero-order chi connectivity index (χ0) is 23.4. The van der Waals surface area contributed by atoms with Crippen molar-refractivity contribution in [1.29, 1.82) is 0 Å². The van der Waals surface area contributed by atoms with Crippen LogP contribution in [0, 0.1) is 10.1 Å². The average molecular weight is 481 g/mol. The average Bonchev–Trinajstić information content (AvgIpc) is 3.06. The van der Waals surface area contributed by atoms with Gasteiger partial charge in [-0.1, -0.05) is 54.1 Å². The summed E-state index contributed by atoms with van der Waals surface area (Å²) in [5.74, 6) is 0.119. The maximum atomic E-state index is 12.8. The second-order valence-corrected chi connectivity index (χ2v) is 8.57. The van der Waals surface area contributed by atoms with Gasteiger partial charge in [-0.2, -0.15) is 0 Å². The molecule has 0 saturated carbocycles. The summed E-state index contributed by atoms with van der Waals surface area (Å²) in [6.07, 6.45) is 1.61. The fourth-order valence-electron chi connectivity index (χ4n) is 3.22. The first-order valence-electron chi connectivity index (χ1n) is 9.86. The highest BCUT2D eigenvalue weighted by Crippen LogP contribution is 2.34. The van der Waals surface area contributed by atoms with Crippen LogP contribution in [0.25, 0.3) is 6.08 Å². The summed E-state index contributed by atoms with van der Waals surface area (Å²) in [6, 6.07) is 20.5. The van der Waals surface area contributed by atoms with Crippen molar-refractivity contribution < 1.29 is 19.2 Å². The molecular formula is C24H17ClN2O5S. The van der Waals surface area contributed by atoms with Crippen LogP contribution in [0.3, 0.4) is 0 Å². The normalized spacial score (nSPS) is 14.7. The second kappa shape index (κ2) is 9.89. The Kier molecular flexibility index (Phi) is 6.76. The van der Waals surface area contributed by atoms with E-state index in [1.54, 1.807) is 48.5 Å². The van der Waals surface area contributed by atoms with Crippen LogP contribution in [-0.4, -0.2) is 21.0 Å². The Balaban J connectivity index is 1.48. The monoisotopic (exact) mass is 480 g/mol. The van der Waals surface area contributed by atoms with Gasteiger partial charge in [-0.25, -0.2) is 0 Å². The number of rotatable bonds is 7. The van der Waals surface area contributed by atoms with Gasteiger partial charge < -0.3 is 4.74 Å². The molecule has 2 amide bonds. The first-order valence-corrected chi connectivity index (χ1v) is 11.0. The lowest BCUT2D eigenvalue weighted by Gasteiger charge is -2.12. The molecule has 1 heterocycles. The Bertz CT molecular complexity index is 1260. The molecule has 0 spiro atoms. The van der Waals surface area contributed by atoms with E-state index in [-0.39, 0.29) is 17.1 Å². The predicted octanol–water partition coefficient (Wildman–Crippen LogP) is 6.06. The molecule has 0 N–H and O–H groups in total. The van der Waals surface area contributed by atoms with Crippen LogP contribution in [0.4, 0.5) is 10.5 Å². The SMILES string of the molecule is O=C1S/C(=C/c2cccc(OCc3ccc(Cl)cc3)c2)C(=O)N1Cc1ccccc1[N+](=O)[O-]. The number of hydrogen-bond donors (Lipinski definition) is 0. The minimum Gasteiger partial charge on any atom is -0.489 e. The Morgan fingerprint density at radius 1 is 1.03 bits per heavy atom. The Labute approximate surface area is 198 Å². The molecule has 3 aromatic rings. The van der Waals surface area contributed by atoms with E-state index in [1.165, 1.54) is 18.2 Å². The number of benzene rings is 3. The highest BCUT2D eigenvalue weighted by molar-refractivity contribution is 8.18. The van der Waals surface area contributed by atoms with E-state index < -0.39 is 16.1 Å². The topological polar surface area (TPSA) is 89.8 Å². The number of carbonyl (C=O) groups is 2. The number of ether oxygens (including phenoxy) is 1. The van der Waals surface area contributed by atoms with Gasteiger partial charge >= 0.3 is 0 Å². The van der Waals surface area contributed by atoms with E-state index in [2.05, 4.69) is 0 Å². The number of nitro groups is 1. The number of halogens is 1. The Morgan fingerprint density at radius 3 is 2.55 bits per heavy atom. The molecule has 1 fully saturated rings. The fourth-order valence-corrected chi connectivity index (χ4v) is 4.19. The Hall–Kier alpha value is -3.62. The van der Waals surface area contributed by atoms with E-state index in [1.807, 2.05) is 12.1 Å². The van der Waals surface area contributed by atoms with Crippen LogP contribution in [0.2, 0.25) is 5.02 Å². The van der Waals surface area contributed by atoms with E-state index in [9.17, 15) is 19.7 Å². The third kappa shape index (κ3) is 5.42. The molecule has 0 bridgehead atoms. The third-order valence-corrected chi connectivity index (χ3v) is 6.02. The van der Waals surface area contributed by atoms with Crippen LogP contribution < -0.4 is 4.74 Å². The second-order valence-electron chi connectivity index (χ2n) is 7.14. The van der Waals surface area contributed by atoms with Gasteiger partial charge in [0.1, 0.15) is 12.4 Å². The number of nitrogens with zero attached hydrogens (tertiary/aromatic N) is 2. The highest BCUT2D eigenvalue weighted by atomic mass is 35.5. The molecule has 33 heavy (non-hydrogen) atoms. The molecule has 4 rings (SSSR count). The quantitative estimate of drug-likeness (QED) is 0.232. The first-order chi connectivity index (χ1) is 15.9. The van der Waals surface area contributed by atoms with E-state index >= 15 is 0 Å². The molecule has 166 valence electrons. The molecule has 0 unspecified atom stereocenters. The van der Waals surface area contributed by atoms with Gasteiger partial charge in [0.05, 0.1) is 16.4 Å². The largest absolute Gasteiger partial charge is 0.489 e. The van der Waals surface area contributed by atoms with Crippen LogP contribution >= 0.6 is 23.4 Å². The summed E-state index contributed by atoms with van der Waals surface area (Å²) in [6.45, 7) is 0.191. The van der Waals surface area contributed by atoms with Gasteiger partial charge in [0.15, 0.2) is 0 Å². The summed E-state index contributed by atoms with van der Waals surface area (Å²) in [5, 5.41) is 11.4. The first kappa shape index (κ1) is 22.6. The van der Waals surface area contributed by atoms with Crippen molar-refractivity contribution in [3.05, 3.63) is 110 Å². The molecule has 0 aromatic heterocycles. The number of amides is 2. The lowest BCUT2D eigenvalue weighted by molar-refractivity contribution is -0.385. The third-order valence-electron chi connectivity index (χ3n) is 4.86. The van der Waals surface area contributed by atoms with Gasteiger partial charge in [0, 0.05) is 16.7 Å². The van der Waals surface area contributed by atoms with Gasteiger partial charge in [0.25, 0.3) is 16.8 Å². The smallest absolute Gasteiger partial charge is 0.293 e. The molecule has 3 aromatic carbocycles. The van der Waals surface area contributed by atoms with Crippen molar-refractivity contribution in [2.24, 2.45) is 0 Å². The van der Waals surface area contributed by atoms with Crippen molar-refractivity contribution in [3.63, 3.8) is 0 Å². The molecule has 0 radical (unpaired) electrons. The van der Waals surface area contributed by atoms with Crippen molar-refractivity contribution in [2.45, 2.75) is 13.2 Å². The highest BCUT2D eigenvalue weighted by Gasteiger charge is 2.36. The van der Waals surface area contributed by atoms with E-state index in [4.69, 9.17) is 16.3 Å².